The highest BCUT2D eigenvalue weighted by molar-refractivity contribution is 9.10. The maximum atomic E-state index is 5.87. The number of anilines is 1. The van der Waals surface area contributed by atoms with Gasteiger partial charge in [-0.2, -0.15) is 4.98 Å². The molecule has 1 heterocycles. The Bertz CT molecular complexity index is 614. The molecule has 0 bridgehead atoms. The van der Waals surface area contributed by atoms with Crippen molar-refractivity contribution < 1.29 is 4.74 Å². The summed E-state index contributed by atoms with van der Waals surface area (Å²) in [6.07, 6.45) is 0.722. The van der Waals surface area contributed by atoms with E-state index < -0.39 is 0 Å². The van der Waals surface area contributed by atoms with Crippen molar-refractivity contribution in [2.45, 2.75) is 27.2 Å². The zero-order valence-corrected chi connectivity index (χ0v) is 12.8. The Hall–Kier alpha value is -1.62. The van der Waals surface area contributed by atoms with E-state index in [1.165, 1.54) is 0 Å². The number of aromatic nitrogens is 2. The van der Waals surface area contributed by atoms with E-state index in [4.69, 9.17) is 10.5 Å². The lowest BCUT2D eigenvalue weighted by Crippen LogP contribution is -2.04. The molecule has 0 saturated heterocycles. The fraction of sp³-hybridized carbons (Fsp3) is 0.286. The quantitative estimate of drug-likeness (QED) is 0.934. The number of rotatable bonds is 3. The highest BCUT2D eigenvalue weighted by atomic mass is 79.9. The number of aryl methyl sites for hydroxylation is 2. The minimum absolute atomic E-state index is 0.469. The van der Waals surface area contributed by atoms with Gasteiger partial charge in [0.1, 0.15) is 17.4 Å². The predicted octanol–water partition coefficient (Wildman–Crippen LogP) is 3.79. The van der Waals surface area contributed by atoms with E-state index in [1.807, 2.05) is 39.0 Å². The topological polar surface area (TPSA) is 61.0 Å². The van der Waals surface area contributed by atoms with E-state index in [0.717, 1.165) is 27.8 Å². The lowest BCUT2D eigenvalue weighted by atomic mass is 10.2. The first kappa shape index (κ1) is 13.8. The number of nitrogen functional groups attached to an aromatic ring is 1. The number of hydrogen-bond acceptors (Lipinski definition) is 4. The van der Waals surface area contributed by atoms with E-state index in [9.17, 15) is 0 Å². The van der Waals surface area contributed by atoms with E-state index in [2.05, 4.69) is 25.9 Å². The number of halogens is 1. The zero-order chi connectivity index (χ0) is 14.0. The Balaban J connectivity index is 2.40. The fourth-order valence-corrected chi connectivity index (χ4v) is 2.12. The molecule has 2 N–H and O–H groups in total. The van der Waals surface area contributed by atoms with Crippen LogP contribution in [-0.4, -0.2) is 9.97 Å². The standard InChI is InChI=1S/C14H16BrN3O/c1-4-12-17-13(16)9(3)14(18-12)19-11-6-5-10(15)7-8(11)2/h5-7H,4H2,1-3H3,(H2,16,17,18). The highest BCUT2D eigenvalue weighted by Gasteiger charge is 2.11. The third kappa shape index (κ3) is 3.04. The average Bonchev–Trinajstić information content (AvgIpc) is 2.37. The summed E-state index contributed by atoms with van der Waals surface area (Å²) in [4.78, 5) is 8.59. The van der Waals surface area contributed by atoms with Crippen LogP contribution in [0.2, 0.25) is 0 Å². The minimum atomic E-state index is 0.469. The van der Waals surface area contributed by atoms with Crippen molar-refractivity contribution in [3.05, 3.63) is 39.6 Å². The molecule has 0 atom stereocenters. The van der Waals surface area contributed by atoms with Crippen LogP contribution in [0.15, 0.2) is 22.7 Å². The van der Waals surface area contributed by atoms with Crippen molar-refractivity contribution in [1.29, 1.82) is 0 Å². The van der Waals surface area contributed by atoms with E-state index in [-0.39, 0.29) is 0 Å². The second kappa shape index (κ2) is 5.57. The van der Waals surface area contributed by atoms with Crippen LogP contribution >= 0.6 is 15.9 Å². The number of ether oxygens (including phenoxy) is 1. The first-order valence-electron chi connectivity index (χ1n) is 6.08. The molecule has 5 heteroatoms. The normalized spacial score (nSPS) is 10.5. The van der Waals surface area contributed by atoms with Crippen molar-refractivity contribution in [1.82, 2.24) is 9.97 Å². The summed E-state index contributed by atoms with van der Waals surface area (Å²) in [7, 11) is 0. The summed E-state index contributed by atoms with van der Waals surface area (Å²) in [5, 5.41) is 0. The molecule has 0 fully saturated rings. The molecule has 1 aromatic heterocycles. The Morgan fingerprint density at radius 1 is 1.26 bits per heavy atom. The Labute approximate surface area is 121 Å². The SMILES string of the molecule is CCc1nc(N)c(C)c(Oc2ccc(Br)cc2C)n1. The van der Waals surface area contributed by atoms with Gasteiger partial charge in [-0.1, -0.05) is 22.9 Å². The van der Waals surface area contributed by atoms with Gasteiger partial charge in [0.2, 0.25) is 5.88 Å². The van der Waals surface area contributed by atoms with Crippen molar-refractivity contribution in [3.63, 3.8) is 0 Å². The fourth-order valence-electron chi connectivity index (χ4n) is 1.65. The monoisotopic (exact) mass is 321 g/mol. The molecule has 19 heavy (non-hydrogen) atoms. The predicted molar refractivity (Wildman–Crippen MR) is 79.5 cm³/mol. The lowest BCUT2D eigenvalue weighted by molar-refractivity contribution is 0.452. The largest absolute Gasteiger partial charge is 0.438 e. The third-order valence-electron chi connectivity index (χ3n) is 2.84. The molecule has 0 aliphatic rings. The average molecular weight is 322 g/mol. The molecule has 100 valence electrons. The van der Waals surface area contributed by atoms with Crippen molar-refractivity contribution in [2.24, 2.45) is 0 Å². The summed E-state index contributed by atoms with van der Waals surface area (Å²) in [5.74, 6) is 2.45. The second-order valence-electron chi connectivity index (χ2n) is 4.32. The van der Waals surface area contributed by atoms with E-state index in [1.54, 1.807) is 0 Å². The van der Waals surface area contributed by atoms with Crippen LogP contribution < -0.4 is 10.5 Å². The molecule has 2 aromatic rings. The van der Waals surface area contributed by atoms with Gasteiger partial charge in [0.05, 0.1) is 5.56 Å². The van der Waals surface area contributed by atoms with Crippen LogP contribution in [0.3, 0.4) is 0 Å². The van der Waals surface area contributed by atoms with Crippen LogP contribution in [0.4, 0.5) is 5.82 Å². The minimum Gasteiger partial charge on any atom is -0.438 e. The molecular formula is C14H16BrN3O. The van der Waals surface area contributed by atoms with Crippen LogP contribution in [0, 0.1) is 13.8 Å². The number of nitrogens with zero attached hydrogens (tertiary/aromatic N) is 2. The van der Waals surface area contributed by atoms with Gasteiger partial charge in [-0.05, 0) is 37.6 Å². The van der Waals surface area contributed by atoms with Gasteiger partial charge in [-0.25, -0.2) is 4.98 Å². The summed E-state index contributed by atoms with van der Waals surface area (Å²) >= 11 is 3.43. The third-order valence-corrected chi connectivity index (χ3v) is 3.34. The Kier molecular flexibility index (Phi) is 4.04. The van der Waals surface area contributed by atoms with E-state index in [0.29, 0.717) is 17.5 Å². The van der Waals surface area contributed by atoms with Gasteiger partial charge in [0.15, 0.2) is 0 Å². The highest BCUT2D eigenvalue weighted by Crippen LogP contribution is 2.29. The van der Waals surface area contributed by atoms with E-state index >= 15 is 0 Å². The van der Waals surface area contributed by atoms with Gasteiger partial charge >= 0.3 is 0 Å². The first-order chi connectivity index (χ1) is 9.01. The molecule has 1 aromatic carbocycles. The van der Waals surface area contributed by atoms with Crippen molar-refractivity contribution in [2.75, 3.05) is 5.73 Å². The summed E-state index contributed by atoms with van der Waals surface area (Å²) in [5.41, 5.74) is 7.67. The first-order valence-corrected chi connectivity index (χ1v) is 6.87. The maximum absolute atomic E-state index is 5.87. The van der Waals surface area contributed by atoms with Crippen molar-refractivity contribution >= 4 is 21.7 Å². The molecule has 0 aliphatic carbocycles. The van der Waals surface area contributed by atoms with Gasteiger partial charge in [-0.3, -0.25) is 0 Å². The molecule has 0 radical (unpaired) electrons. The molecule has 4 nitrogen and oxygen atoms in total. The van der Waals surface area contributed by atoms with Gasteiger partial charge in [0.25, 0.3) is 0 Å². The molecule has 2 rings (SSSR count). The Morgan fingerprint density at radius 3 is 2.63 bits per heavy atom. The number of nitrogens with two attached hydrogens (primary N) is 1. The van der Waals surface area contributed by atoms with Crippen LogP contribution in [0.25, 0.3) is 0 Å². The van der Waals surface area contributed by atoms with Gasteiger partial charge in [0, 0.05) is 10.9 Å². The summed E-state index contributed by atoms with van der Waals surface area (Å²) in [6.45, 7) is 5.83. The number of benzene rings is 1. The Morgan fingerprint density at radius 2 is 2.00 bits per heavy atom. The smallest absolute Gasteiger partial charge is 0.227 e. The summed E-state index contributed by atoms with van der Waals surface area (Å²) in [6, 6.07) is 5.83. The lowest BCUT2D eigenvalue weighted by Gasteiger charge is -2.12. The van der Waals surface area contributed by atoms with Gasteiger partial charge in [-0.15, -0.1) is 0 Å². The number of hydrogen-bond donors (Lipinski definition) is 1. The van der Waals surface area contributed by atoms with Crippen LogP contribution in [-0.2, 0) is 6.42 Å². The zero-order valence-electron chi connectivity index (χ0n) is 11.2. The summed E-state index contributed by atoms with van der Waals surface area (Å²) < 4.78 is 6.89. The maximum Gasteiger partial charge on any atom is 0.227 e. The molecule has 0 spiro atoms. The van der Waals surface area contributed by atoms with Crippen molar-refractivity contribution in [3.8, 4) is 11.6 Å². The molecular weight excluding hydrogens is 306 g/mol. The van der Waals surface area contributed by atoms with Crippen LogP contribution in [0.5, 0.6) is 11.6 Å². The van der Waals surface area contributed by atoms with Gasteiger partial charge < -0.3 is 10.5 Å². The molecule has 0 saturated carbocycles. The molecule has 0 aliphatic heterocycles. The van der Waals surface area contributed by atoms with Crippen LogP contribution in [0.1, 0.15) is 23.9 Å². The molecule has 0 amide bonds. The second-order valence-corrected chi connectivity index (χ2v) is 5.24. The molecule has 0 unspecified atom stereocenters.